The first-order valence-electron chi connectivity index (χ1n) is 5.73. The second kappa shape index (κ2) is 5.81. The molecule has 1 atom stereocenters. The number of para-hydroxylation sites is 1. The summed E-state index contributed by atoms with van der Waals surface area (Å²) in [6, 6.07) is 7.69. The lowest BCUT2D eigenvalue weighted by atomic mass is 10.3. The molecule has 0 spiro atoms. The van der Waals surface area contributed by atoms with Crippen LogP contribution in [-0.4, -0.2) is 44.8 Å². The third-order valence-electron chi connectivity index (χ3n) is 2.74. The summed E-state index contributed by atoms with van der Waals surface area (Å²) in [5.74, 6) is -1.01. The number of imide groups is 1. The largest absolute Gasteiger partial charge is 0.368 e. The van der Waals surface area contributed by atoms with Crippen molar-refractivity contribution in [3.05, 3.63) is 30.3 Å². The van der Waals surface area contributed by atoms with Gasteiger partial charge in [0.05, 0.1) is 5.69 Å². The zero-order chi connectivity index (χ0) is 15.8. The third kappa shape index (κ3) is 3.13. The van der Waals surface area contributed by atoms with Gasteiger partial charge in [0, 0.05) is 7.05 Å². The smallest absolute Gasteiger partial charge is 0.337 e. The molecule has 2 rings (SSSR count). The van der Waals surface area contributed by atoms with E-state index in [4.69, 9.17) is 34.8 Å². The quantitative estimate of drug-likeness (QED) is 0.656. The molecule has 1 fully saturated rings. The Morgan fingerprint density at radius 3 is 2.29 bits per heavy atom. The summed E-state index contributed by atoms with van der Waals surface area (Å²) in [6.07, 6.45) is -1.77. The summed E-state index contributed by atoms with van der Waals surface area (Å²) < 4.78 is -2.10. The average molecular weight is 351 g/mol. The number of nitrogens with zero attached hydrogens (tertiary/aromatic N) is 3. The van der Waals surface area contributed by atoms with E-state index < -0.39 is 22.0 Å². The van der Waals surface area contributed by atoms with Crippen molar-refractivity contribution < 1.29 is 14.7 Å². The summed E-state index contributed by atoms with van der Waals surface area (Å²) in [5.41, 5.74) is 0.382. The molecule has 1 unspecified atom stereocenters. The topological polar surface area (TPSA) is 73.2 Å². The van der Waals surface area contributed by atoms with Gasteiger partial charge in [-0.2, -0.15) is 0 Å². The number of amidine groups is 1. The highest BCUT2D eigenvalue weighted by Crippen LogP contribution is 2.31. The van der Waals surface area contributed by atoms with E-state index in [1.807, 2.05) is 0 Å². The van der Waals surface area contributed by atoms with Crippen molar-refractivity contribution in [3.8, 4) is 0 Å². The van der Waals surface area contributed by atoms with Gasteiger partial charge in [-0.15, -0.1) is 0 Å². The van der Waals surface area contributed by atoms with Crippen LogP contribution in [0.1, 0.15) is 0 Å². The molecule has 1 aromatic carbocycles. The molecule has 112 valence electrons. The second-order valence-corrected chi connectivity index (χ2v) is 6.55. The van der Waals surface area contributed by atoms with Crippen molar-refractivity contribution in [2.24, 2.45) is 4.99 Å². The van der Waals surface area contributed by atoms with E-state index in [0.717, 1.165) is 9.80 Å². The highest BCUT2D eigenvalue weighted by Gasteiger charge is 2.43. The highest BCUT2D eigenvalue weighted by atomic mass is 35.6. The van der Waals surface area contributed by atoms with E-state index >= 15 is 0 Å². The predicted octanol–water partition coefficient (Wildman–Crippen LogP) is 2.17. The van der Waals surface area contributed by atoms with E-state index in [2.05, 4.69) is 4.99 Å². The number of urea groups is 1. The fourth-order valence-corrected chi connectivity index (χ4v) is 1.85. The van der Waals surface area contributed by atoms with E-state index in [1.165, 1.54) is 7.05 Å². The van der Waals surface area contributed by atoms with Gasteiger partial charge in [-0.3, -0.25) is 9.69 Å². The molecule has 1 heterocycles. The Morgan fingerprint density at radius 1 is 1.19 bits per heavy atom. The molecule has 0 bridgehead atoms. The van der Waals surface area contributed by atoms with Gasteiger partial charge >= 0.3 is 11.9 Å². The molecular formula is C12H10Cl3N3O3. The fourth-order valence-electron chi connectivity index (χ4n) is 1.71. The van der Waals surface area contributed by atoms with Crippen molar-refractivity contribution in [1.82, 2.24) is 4.90 Å². The molecule has 0 aromatic heterocycles. The predicted molar refractivity (Wildman–Crippen MR) is 80.8 cm³/mol. The number of anilines is 1. The summed E-state index contributed by atoms with van der Waals surface area (Å²) >= 11 is 16.5. The number of benzene rings is 1. The minimum Gasteiger partial charge on any atom is -0.368 e. The van der Waals surface area contributed by atoms with Crippen LogP contribution in [0, 0.1) is 0 Å². The van der Waals surface area contributed by atoms with Gasteiger partial charge < -0.3 is 5.11 Å². The molecule has 0 radical (unpaired) electrons. The Kier molecular flexibility index (Phi) is 4.43. The van der Waals surface area contributed by atoms with Crippen molar-refractivity contribution >= 4 is 58.3 Å². The van der Waals surface area contributed by atoms with Crippen LogP contribution < -0.4 is 4.90 Å². The standard InChI is InChI=1S/C12H10Cl3N3O3/c1-17-8(16-10(20)12(13,14)15)9(19)18(11(17)21)7-5-3-2-4-6-7/h2-6,10,20H,1H3/b16-8-. The van der Waals surface area contributed by atoms with Crippen molar-refractivity contribution in [2.75, 3.05) is 11.9 Å². The number of hydrogen-bond donors (Lipinski definition) is 1. The van der Waals surface area contributed by atoms with E-state index in [1.54, 1.807) is 30.3 Å². The number of alkyl halides is 3. The third-order valence-corrected chi connectivity index (χ3v) is 3.33. The van der Waals surface area contributed by atoms with Crippen LogP contribution in [-0.2, 0) is 4.79 Å². The minimum atomic E-state index is -2.10. The maximum Gasteiger partial charge on any atom is 0.337 e. The van der Waals surface area contributed by atoms with Crippen LogP contribution in [0.25, 0.3) is 0 Å². The Balaban J connectivity index is 2.38. The molecule has 1 N–H and O–H groups in total. The number of likely N-dealkylation sites (N-methyl/N-ethyl adjacent to an activating group) is 1. The maximum absolute atomic E-state index is 12.3. The van der Waals surface area contributed by atoms with Crippen LogP contribution in [0.4, 0.5) is 10.5 Å². The Labute approximate surface area is 135 Å². The first-order chi connectivity index (χ1) is 9.73. The molecule has 21 heavy (non-hydrogen) atoms. The second-order valence-electron chi connectivity index (χ2n) is 4.19. The number of rotatable bonds is 2. The SMILES string of the molecule is CN1C(=O)N(c2ccccc2)C(=O)/C1=N/C(O)C(Cl)(Cl)Cl. The van der Waals surface area contributed by atoms with Crippen LogP contribution in [0.2, 0.25) is 0 Å². The van der Waals surface area contributed by atoms with Gasteiger partial charge in [0.1, 0.15) is 0 Å². The lowest BCUT2D eigenvalue weighted by Gasteiger charge is -2.16. The monoisotopic (exact) mass is 349 g/mol. The van der Waals surface area contributed by atoms with Crippen molar-refractivity contribution in [2.45, 2.75) is 10.0 Å². The van der Waals surface area contributed by atoms with Crippen LogP contribution >= 0.6 is 34.8 Å². The normalized spacial score (nSPS) is 19.6. The average Bonchev–Trinajstić information content (AvgIpc) is 2.63. The van der Waals surface area contributed by atoms with Gasteiger partial charge in [-0.05, 0) is 12.1 Å². The van der Waals surface area contributed by atoms with Crippen molar-refractivity contribution in [3.63, 3.8) is 0 Å². The molecule has 1 aromatic rings. The number of carbonyl (C=O) groups excluding carboxylic acids is 2. The summed E-state index contributed by atoms with van der Waals surface area (Å²) in [5, 5.41) is 9.63. The lowest BCUT2D eigenvalue weighted by molar-refractivity contribution is -0.111. The summed E-state index contributed by atoms with van der Waals surface area (Å²) in [6.45, 7) is 0. The number of aliphatic imine (C=N–C) groups is 1. The molecule has 0 saturated carbocycles. The van der Waals surface area contributed by atoms with E-state index in [9.17, 15) is 14.7 Å². The number of amides is 3. The Morgan fingerprint density at radius 2 is 1.76 bits per heavy atom. The zero-order valence-corrected chi connectivity index (χ0v) is 13.0. The number of aliphatic hydroxyl groups excluding tert-OH is 1. The first-order valence-corrected chi connectivity index (χ1v) is 6.86. The molecule has 0 aliphatic carbocycles. The van der Waals surface area contributed by atoms with Gasteiger partial charge in [0.25, 0.3) is 0 Å². The zero-order valence-electron chi connectivity index (χ0n) is 10.7. The minimum absolute atomic E-state index is 0.303. The Hall–Kier alpha value is -1.34. The number of carbonyl (C=O) groups is 2. The number of halogens is 3. The van der Waals surface area contributed by atoms with Crippen LogP contribution in [0.5, 0.6) is 0 Å². The van der Waals surface area contributed by atoms with Crippen LogP contribution in [0.15, 0.2) is 35.3 Å². The van der Waals surface area contributed by atoms with Gasteiger partial charge in [-0.25, -0.2) is 14.7 Å². The summed E-state index contributed by atoms with van der Waals surface area (Å²) in [4.78, 5) is 29.9. The molecule has 1 saturated heterocycles. The molecule has 3 amide bonds. The molecule has 6 nitrogen and oxygen atoms in total. The summed E-state index contributed by atoms with van der Waals surface area (Å²) in [7, 11) is 1.34. The van der Waals surface area contributed by atoms with E-state index in [-0.39, 0.29) is 5.84 Å². The van der Waals surface area contributed by atoms with E-state index in [0.29, 0.717) is 5.69 Å². The molecule has 1 aliphatic rings. The molecular weight excluding hydrogens is 341 g/mol. The maximum atomic E-state index is 12.3. The molecule has 9 heteroatoms. The Bertz CT molecular complexity index is 601. The molecule has 1 aliphatic heterocycles. The van der Waals surface area contributed by atoms with Gasteiger partial charge in [-0.1, -0.05) is 53.0 Å². The number of hydrogen-bond acceptors (Lipinski definition) is 4. The van der Waals surface area contributed by atoms with Gasteiger partial charge in [0.2, 0.25) is 9.63 Å². The highest BCUT2D eigenvalue weighted by molar-refractivity contribution is 6.68. The van der Waals surface area contributed by atoms with Gasteiger partial charge in [0.15, 0.2) is 6.23 Å². The first kappa shape index (κ1) is 16.0. The van der Waals surface area contributed by atoms with Crippen molar-refractivity contribution in [1.29, 1.82) is 0 Å². The lowest BCUT2D eigenvalue weighted by Crippen LogP contribution is -2.31. The van der Waals surface area contributed by atoms with Crippen LogP contribution in [0.3, 0.4) is 0 Å². The fraction of sp³-hybridized carbons (Fsp3) is 0.250. The number of aliphatic hydroxyl groups is 1.